The van der Waals surface area contributed by atoms with Crippen LogP contribution in [0.3, 0.4) is 0 Å². The molecule has 0 amide bonds. The molecule has 1 aromatic heterocycles. The number of fused-ring (bicyclic) bond motifs is 2. The molecule has 17 heavy (non-hydrogen) atoms. The van der Waals surface area contributed by atoms with Gasteiger partial charge in [-0.2, -0.15) is 0 Å². The molecule has 2 aliphatic carbocycles. The zero-order valence-electron chi connectivity index (χ0n) is 10.2. The molecule has 1 aromatic rings. The summed E-state index contributed by atoms with van der Waals surface area (Å²) in [5.74, 6) is 8.55. The van der Waals surface area contributed by atoms with E-state index in [9.17, 15) is 0 Å². The lowest BCUT2D eigenvalue weighted by atomic mass is 9.83. The van der Waals surface area contributed by atoms with E-state index in [4.69, 9.17) is 5.84 Å². The van der Waals surface area contributed by atoms with Crippen LogP contribution in [0.5, 0.6) is 0 Å². The molecule has 2 saturated carbocycles. The van der Waals surface area contributed by atoms with E-state index in [1.54, 1.807) is 0 Å². The van der Waals surface area contributed by atoms with Crippen LogP contribution < -0.4 is 11.3 Å². The number of hydrazine groups is 1. The molecule has 0 radical (unpaired) electrons. The van der Waals surface area contributed by atoms with Gasteiger partial charge in [-0.05, 0) is 55.1 Å². The Morgan fingerprint density at radius 3 is 2.94 bits per heavy atom. The van der Waals surface area contributed by atoms with E-state index in [0.717, 1.165) is 17.8 Å². The first-order valence-electron chi connectivity index (χ1n) is 6.73. The third kappa shape index (κ3) is 2.22. The molecular formula is C14H21N3. The van der Waals surface area contributed by atoms with Crippen LogP contribution in [0.15, 0.2) is 24.5 Å². The molecule has 2 bridgehead atoms. The van der Waals surface area contributed by atoms with Crippen LogP contribution in [0.25, 0.3) is 0 Å². The van der Waals surface area contributed by atoms with Gasteiger partial charge in [-0.15, -0.1) is 0 Å². The maximum absolute atomic E-state index is 5.70. The monoisotopic (exact) mass is 231 g/mol. The van der Waals surface area contributed by atoms with Crippen molar-refractivity contribution >= 4 is 0 Å². The molecule has 3 N–H and O–H groups in total. The van der Waals surface area contributed by atoms with Gasteiger partial charge in [0.25, 0.3) is 0 Å². The summed E-state index contributed by atoms with van der Waals surface area (Å²) in [6.07, 6.45) is 10.7. The van der Waals surface area contributed by atoms with Crippen LogP contribution in [-0.4, -0.2) is 4.98 Å². The first-order chi connectivity index (χ1) is 8.36. The van der Waals surface area contributed by atoms with Gasteiger partial charge in [0.1, 0.15) is 0 Å². The second kappa shape index (κ2) is 4.75. The van der Waals surface area contributed by atoms with Gasteiger partial charge in [-0.1, -0.05) is 12.5 Å². The minimum absolute atomic E-state index is 0.271. The maximum Gasteiger partial charge on any atom is 0.0477 e. The summed E-state index contributed by atoms with van der Waals surface area (Å²) in [5.41, 5.74) is 4.18. The van der Waals surface area contributed by atoms with E-state index in [1.807, 2.05) is 18.5 Å². The lowest BCUT2D eigenvalue weighted by Gasteiger charge is -2.26. The number of hydrogen-bond acceptors (Lipinski definition) is 3. The van der Waals surface area contributed by atoms with E-state index in [-0.39, 0.29) is 6.04 Å². The normalized spacial score (nSPS) is 32.9. The van der Waals surface area contributed by atoms with Crippen molar-refractivity contribution in [2.75, 3.05) is 0 Å². The molecule has 3 rings (SSSR count). The summed E-state index contributed by atoms with van der Waals surface area (Å²) in [6, 6.07) is 4.37. The Labute approximate surface area is 103 Å². The standard InChI is InChI=1S/C14H21N3/c15-17-14(12-2-1-5-16-9-12)8-13-7-10-3-4-11(13)6-10/h1-2,5,9-11,13-14,17H,3-4,6-8,15H2. The summed E-state index contributed by atoms with van der Waals surface area (Å²) >= 11 is 0. The Morgan fingerprint density at radius 1 is 1.41 bits per heavy atom. The summed E-state index contributed by atoms with van der Waals surface area (Å²) in [6.45, 7) is 0. The van der Waals surface area contributed by atoms with Gasteiger partial charge >= 0.3 is 0 Å². The van der Waals surface area contributed by atoms with Crippen molar-refractivity contribution < 1.29 is 0 Å². The highest BCUT2D eigenvalue weighted by atomic mass is 15.2. The fourth-order valence-electron chi connectivity index (χ4n) is 3.85. The second-order valence-corrected chi connectivity index (χ2v) is 5.68. The third-order valence-corrected chi connectivity index (χ3v) is 4.71. The molecule has 0 aromatic carbocycles. The summed E-state index contributed by atoms with van der Waals surface area (Å²) in [4.78, 5) is 4.18. The summed E-state index contributed by atoms with van der Waals surface area (Å²) in [5, 5.41) is 0. The van der Waals surface area contributed by atoms with Crippen molar-refractivity contribution in [3.8, 4) is 0 Å². The first-order valence-corrected chi connectivity index (χ1v) is 6.73. The molecule has 0 spiro atoms. The maximum atomic E-state index is 5.70. The first kappa shape index (κ1) is 11.2. The van der Waals surface area contributed by atoms with Crippen LogP contribution in [0, 0.1) is 17.8 Å². The third-order valence-electron chi connectivity index (χ3n) is 4.71. The Balaban J connectivity index is 1.67. The Kier molecular flexibility index (Phi) is 3.12. The van der Waals surface area contributed by atoms with Crippen molar-refractivity contribution in [3.05, 3.63) is 30.1 Å². The zero-order valence-corrected chi connectivity index (χ0v) is 10.2. The number of nitrogens with two attached hydrogens (primary N) is 1. The SMILES string of the molecule is NNC(CC1CC2CCC1C2)c1cccnc1. The molecule has 4 atom stereocenters. The van der Waals surface area contributed by atoms with E-state index in [2.05, 4.69) is 16.5 Å². The van der Waals surface area contributed by atoms with Crippen molar-refractivity contribution in [1.82, 2.24) is 10.4 Å². The molecule has 1 heterocycles. The number of rotatable bonds is 4. The van der Waals surface area contributed by atoms with Crippen molar-refractivity contribution in [3.63, 3.8) is 0 Å². The summed E-state index contributed by atoms with van der Waals surface area (Å²) in [7, 11) is 0. The number of pyridine rings is 1. The highest BCUT2D eigenvalue weighted by Crippen LogP contribution is 2.50. The molecule has 3 heteroatoms. The van der Waals surface area contributed by atoms with E-state index < -0.39 is 0 Å². The Hall–Kier alpha value is -0.930. The van der Waals surface area contributed by atoms with Crippen LogP contribution in [0.4, 0.5) is 0 Å². The van der Waals surface area contributed by atoms with Gasteiger partial charge < -0.3 is 0 Å². The van der Waals surface area contributed by atoms with Crippen LogP contribution >= 0.6 is 0 Å². The van der Waals surface area contributed by atoms with Crippen LogP contribution in [0.1, 0.15) is 43.7 Å². The van der Waals surface area contributed by atoms with Gasteiger partial charge in [0.15, 0.2) is 0 Å². The fraction of sp³-hybridized carbons (Fsp3) is 0.643. The highest BCUT2D eigenvalue weighted by molar-refractivity contribution is 5.14. The lowest BCUT2D eigenvalue weighted by molar-refractivity contribution is 0.280. The number of nitrogens with zero attached hydrogens (tertiary/aromatic N) is 1. The molecular weight excluding hydrogens is 210 g/mol. The second-order valence-electron chi connectivity index (χ2n) is 5.68. The number of hydrogen-bond donors (Lipinski definition) is 2. The van der Waals surface area contributed by atoms with E-state index in [0.29, 0.717) is 0 Å². The number of nitrogens with one attached hydrogen (secondary N) is 1. The average Bonchev–Trinajstić information content (AvgIpc) is 2.99. The van der Waals surface area contributed by atoms with Gasteiger partial charge in [0.05, 0.1) is 0 Å². The lowest BCUT2D eigenvalue weighted by Crippen LogP contribution is -2.30. The van der Waals surface area contributed by atoms with Gasteiger partial charge in [-0.25, -0.2) is 0 Å². The molecule has 4 unspecified atom stereocenters. The van der Waals surface area contributed by atoms with Crippen molar-refractivity contribution in [2.24, 2.45) is 23.6 Å². The smallest absolute Gasteiger partial charge is 0.0477 e. The molecule has 0 saturated heterocycles. The van der Waals surface area contributed by atoms with Gasteiger partial charge in [-0.3, -0.25) is 16.3 Å². The van der Waals surface area contributed by atoms with E-state index in [1.165, 1.54) is 37.7 Å². The predicted molar refractivity (Wildman–Crippen MR) is 67.9 cm³/mol. The van der Waals surface area contributed by atoms with Crippen molar-refractivity contribution in [2.45, 2.75) is 38.1 Å². The largest absolute Gasteiger partial charge is 0.271 e. The van der Waals surface area contributed by atoms with Crippen LogP contribution in [0.2, 0.25) is 0 Å². The Morgan fingerprint density at radius 2 is 2.35 bits per heavy atom. The van der Waals surface area contributed by atoms with Crippen molar-refractivity contribution in [1.29, 1.82) is 0 Å². The molecule has 0 aliphatic heterocycles. The molecule has 2 fully saturated rings. The minimum Gasteiger partial charge on any atom is -0.271 e. The van der Waals surface area contributed by atoms with E-state index >= 15 is 0 Å². The molecule has 92 valence electrons. The van der Waals surface area contributed by atoms with Gasteiger partial charge in [0, 0.05) is 18.4 Å². The predicted octanol–water partition coefficient (Wildman–Crippen LogP) is 2.41. The van der Waals surface area contributed by atoms with Crippen LogP contribution in [-0.2, 0) is 0 Å². The Bertz CT molecular complexity index is 365. The fourth-order valence-corrected chi connectivity index (χ4v) is 3.85. The topological polar surface area (TPSA) is 50.9 Å². The minimum atomic E-state index is 0.271. The zero-order chi connectivity index (χ0) is 11.7. The number of aromatic nitrogens is 1. The molecule has 3 nitrogen and oxygen atoms in total. The highest BCUT2D eigenvalue weighted by Gasteiger charge is 2.40. The summed E-state index contributed by atoms with van der Waals surface area (Å²) < 4.78 is 0. The molecule has 2 aliphatic rings. The van der Waals surface area contributed by atoms with Gasteiger partial charge in [0.2, 0.25) is 0 Å². The quantitative estimate of drug-likeness (QED) is 0.618. The average molecular weight is 231 g/mol.